The molecule has 2 rings (SSSR count). The topological polar surface area (TPSA) is 21.3 Å². The highest BCUT2D eigenvalue weighted by atomic mass is 16.5. The molecule has 2 unspecified atom stereocenters. The number of methoxy groups -OCH3 is 1. The summed E-state index contributed by atoms with van der Waals surface area (Å²) < 4.78 is 5.45. The van der Waals surface area contributed by atoms with E-state index >= 15 is 0 Å². The van der Waals surface area contributed by atoms with Crippen LogP contribution in [-0.2, 0) is 0 Å². The van der Waals surface area contributed by atoms with Crippen molar-refractivity contribution in [2.45, 2.75) is 39.8 Å². The Balaban J connectivity index is 2.16. The summed E-state index contributed by atoms with van der Waals surface area (Å²) in [6.45, 7) is 8.70. The second kappa shape index (κ2) is 6.77. The summed E-state index contributed by atoms with van der Waals surface area (Å²) >= 11 is 0. The molecule has 2 atom stereocenters. The smallest absolute Gasteiger partial charge is 0.123 e. The largest absolute Gasteiger partial charge is 0.496 e. The minimum atomic E-state index is 0.233. The first-order valence-electron chi connectivity index (χ1n) is 7.49. The number of rotatable bonds is 5. The van der Waals surface area contributed by atoms with E-state index in [2.05, 4.69) is 63.3 Å². The fraction of sp³-hybridized carbons (Fsp3) is 0.368. The number of para-hydroxylation sites is 1. The Morgan fingerprint density at radius 2 is 1.57 bits per heavy atom. The third-order valence-corrected chi connectivity index (χ3v) is 4.00. The zero-order chi connectivity index (χ0) is 15.4. The maximum atomic E-state index is 5.45. The van der Waals surface area contributed by atoms with Gasteiger partial charge in [-0.3, -0.25) is 0 Å². The summed E-state index contributed by atoms with van der Waals surface area (Å²) in [7, 11) is 1.72. The van der Waals surface area contributed by atoms with E-state index in [-0.39, 0.29) is 6.04 Å². The summed E-state index contributed by atoms with van der Waals surface area (Å²) in [5.41, 5.74) is 5.18. The lowest BCUT2D eigenvalue weighted by molar-refractivity contribution is 0.396. The van der Waals surface area contributed by atoms with E-state index in [9.17, 15) is 0 Å². The van der Waals surface area contributed by atoms with Crippen molar-refractivity contribution in [1.82, 2.24) is 5.32 Å². The van der Waals surface area contributed by atoms with E-state index in [0.717, 1.165) is 5.75 Å². The predicted octanol–water partition coefficient (Wildman–Crippen LogP) is 4.72. The first-order chi connectivity index (χ1) is 10.0. The second-order valence-corrected chi connectivity index (χ2v) is 5.71. The summed E-state index contributed by atoms with van der Waals surface area (Å²) in [6.07, 6.45) is 0. The Kier molecular flexibility index (Phi) is 5.03. The number of nitrogens with one attached hydrogen (secondary N) is 1. The van der Waals surface area contributed by atoms with Crippen LogP contribution >= 0.6 is 0 Å². The van der Waals surface area contributed by atoms with E-state index in [1.165, 1.54) is 22.3 Å². The fourth-order valence-corrected chi connectivity index (χ4v) is 2.89. The van der Waals surface area contributed by atoms with Gasteiger partial charge in [0.15, 0.2) is 0 Å². The summed E-state index contributed by atoms with van der Waals surface area (Å²) in [6, 6.07) is 15.3. The predicted molar refractivity (Wildman–Crippen MR) is 88.9 cm³/mol. The molecule has 0 radical (unpaired) electrons. The third-order valence-electron chi connectivity index (χ3n) is 4.00. The van der Waals surface area contributed by atoms with Gasteiger partial charge >= 0.3 is 0 Å². The Hall–Kier alpha value is -1.80. The summed E-state index contributed by atoms with van der Waals surface area (Å²) in [5.74, 6) is 0.935. The van der Waals surface area contributed by atoms with E-state index in [4.69, 9.17) is 4.74 Å². The number of benzene rings is 2. The van der Waals surface area contributed by atoms with Gasteiger partial charge in [0.1, 0.15) is 5.75 Å². The number of ether oxygens (including phenoxy) is 1. The van der Waals surface area contributed by atoms with Crippen molar-refractivity contribution < 1.29 is 4.74 Å². The molecule has 0 bridgehead atoms. The maximum Gasteiger partial charge on any atom is 0.123 e. The molecule has 0 saturated heterocycles. The summed E-state index contributed by atoms with van der Waals surface area (Å²) in [4.78, 5) is 0. The number of hydrogen-bond acceptors (Lipinski definition) is 2. The average Bonchev–Trinajstić information content (AvgIpc) is 2.46. The molecule has 112 valence electrons. The SMILES string of the molecule is COc1ccccc1C(C)NC(C)c1ccc(C)cc1C. The molecule has 2 heteroatoms. The van der Waals surface area contributed by atoms with Gasteiger partial charge in [-0.1, -0.05) is 42.0 Å². The van der Waals surface area contributed by atoms with Gasteiger partial charge in [-0.05, 0) is 44.9 Å². The van der Waals surface area contributed by atoms with Crippen LogP contribution in [0.25, 0.3) is 0 Å². The molecular weight excluding hydrogens is 258 g/mol. The lowest BCUT2D eigenvalue weighted by Gasteiger charge is -2.23. The number of hydrogen-bond donors (Lipinski definition) is 1. The van der Waals surface area contributed by atoms with Crippen molar-refractivity contribution in [2.24, 2.45) is 0 Å². The van der Waals surface area contributed by atoms with Crippen LogP contribution in [0.3, 0.4) is 0 Å². The molecule has 2 aromatic rings. The van der Waals surface area contributed by atoms with Crippen LogP contribution < -0.4 is 10.1 Å². The highest BCUT2D eigenvalue weighted by Crippen LogP contribution is 2.27. The van der Waals surface area contributed by atoms with Gasteiger partial charge in [-0.2, -0.15) is 0 Å². The molecule has 2 nitrogen and oxygen atoms in total. The van der Waals surface area contributed by atoms with Crippen LogP contribution in [0, 0.1) is 13.8 Å². The van der Waals surface area contributed by atoms with Crippen molar-refractivity contribution in [3.8, 4) is 5.75 Å². The van der Waals surface area contributed by atoms with E-state index in [1.54, 1.807) is 7.11 Å². The quantitative estimate of drug-likeness (QED) is 0.857. The van der Waals surface area contributed by atoms with Crippen LogP contribution in [0.15, 0.2) is 42.5 Å². The molecular formula is C19H25NO. The first-order valence-corrected chi connectivity index (χ1v) is 7.49. The van der Waals surface area contributed by atoms with Gasteiger partial charge in [0.05, 0.1) is 7.11 Å². The van der Waals surface area contributed by atoms with E-state index in [1.807, 2.05) is 12.1 Å². The van der Waals surface area contributed by atoms with E-state index < -0.39 is 0 Å². The van der Waals surface area contributed by atoms with Crippen molar-refractivity contribution in [3.63, 3.8) is 0 Å². The van der Waals surface area contributed by atoms with E-state index in [0.29, 0.717) is 6.04 Å². The molecule has 0 aliphatic rings. The zero-order valence-corrected chi connectivity index (χ0v) is 13.6. The highest BCUT2D eigenvalue weighted by Gasteiger charge is 2.15. The van der Waals surface area contributed by atoms with Crippen molar-refractivity contribution in [1.29, 1.82) is 0 Å². The van der Waals surface area contributed by atoms with Crippen LogP contribution in [0.4, 0.5) is 0 Å². The van der Waals surface area contributed by atoms with Crippen molar-refractivity contribution in [2.75, 3.05) is 7.11 Å². The highest BCUT2D eigenvalue weighted by molar-refractivity contribution is 5.36. The van der Waals surface area contributed by atoms with Crippen LogP contribution in [0.1, 0.15) is 48.2 Å². The molecule has 2 aromatic carbocycles. The molecule has 0 saturated carbocycles. The van der Waals surface area contributed by atoms with Gasteiger partial charge in [-0.25, -0.2) is 0 Å². The Bertz CT molecular complexity index is 606. The molecule has 1 N–H and O–H groups in total. The normalized spacial score (nSPS) is 13.8. The standard InChI is InChI=1S/C19H25NO/c1-13-10-11-17(14(2)12-13)15(3)20-16(4)18-8-6-7-9-19(18)21-5/h6-12,15-16,20H,1-5H3. The summed E-state index contributed by atoms with van der Waals surface area (Å²) in [5, 5.41) is 3.67. The second-order valence-electron chi connectivity index (χ2n) is 5.71. The average molecular weight is 283 g/mol. The first kappa shape index (κ1) is 15.6. The Morgan fingerprint density at radius 1 is 0.905 bits per heavy atom. The van der Waals surface area contributed by atoms with Crippen molar-refractivity contribution >= 4 is 0 Å². The van der Waals surface area contributed by atoms with Gasteiger partial charge < -0.3 is 10.1 Å². The molecule has 0 heterocycles. The van der Waals surface area contributed by atoms with Crippen LogP contribution in [0.5, 0.6) is 5.75 Å². The number of aryl methyl sites for hydroxylation is 2. The van der Waals surface area contributed by atoms with Crippen molar-refractivity contribution in [3.05, 3.63) is 64.7 Å². The third kappa shape index (κ3) is 3.64. The van der Waals surface area contributed by atoms with Gasteiger partial charge in [0.2, 0.25) is 0 Å². The molecule has 0 aliphatic carbocycles. The van der Waals surface area contributed by atoms with Gasteiger partial charge in [0, 0.05) is 17.6 Å². The molecule has 0 fully saturated rings. The van der Waals surface area contributed by atoms with Crippen LogP contribution in [-0.4, -0.2) is 7.11 Å². The molecule has 0 aromatic heterocycles. The molecule has 21 heavy (non-hydrogen) atoms. The Labute approximate surface area is 128 Å². The Morgan fingerprint density at radius 3 is 2.24 bits per heavy atom. The maximum absolute atomic E-state index is 5.45. The fourth-order valence-electron chi connectivity index (χ4n) is 2.89. The lowest BCUT2D eigenvalue weighted by Crippen LogP contribution is -2.23. The molecule has 0 aliphatic heterocycles. The molecule has 0 spiro atoms. The van der Waals surface area contributed by atoms with Crippen LogP contribution in [0.2, 0.25) is 0 Å². The van der Waals surface area contributed by atoms with Gasteiger partial charge in [0.25, 0.3) is 0 Å². The monoisotopic (exact) mass is 283 g/mol. The zero-order valence-electron chi connectivity index (χ0n) is 13.6. The minimum Gasteiger partial charge on any atom is -0.496 e. The minimum absolute atomic E-state index is 0.233. The molecule has 0 amide bonds. The van der Waals surface area contributed by atoms with Gasteiger partial charge in [-0.15, -0.1) is 0 Å². The lowest BCUT2D eigenvalue weighted by atomic mass is 9.98.